The van der Waals surface area contributed by atoms with Gasteiger partial charge in [0, 0.05) is 19.3 Å². The first-order valence-corrected chi connectivity index (χ1v) is 7.60. The molecule has 1 aromatic rings. The van der Waals surface area contributed by atoms with E-state index in [-0.39, 0.29) is 12.5 Å². The molecule has 21 heavy (non-hydrogen) atoms. The first-order chi connectivity index (χ1) is 10.3. The fraction of sp³-hybridized carbons (Fsp3) is 0.529. The first kappa shape index (κ1) is 15.5. The van der Waals surface area contributed by atoms with Crippen molar-refractivity contribution in [2.24, 2.45) is 5.92 Å². The number of piperidine rings is 1. The minimum absolute atomic E-state index is 0.0483. The predicted octanol–water partition coefficient (Wildman–Crippen LogP) is 2.08. The van der Waals surface area contributed by atoms with E-state index in [9.17, 15) is 4.79 Å². The van der Waals surface area contributed by atoms with Crippen LogP contribution in [-0.2, 0) is 0 Å². The van der Waals surface area contributed by atoms with Crippen molar-refractivity contribution in [3.8, 4) is 11.8 Å². The number of amides is 1. The molecule has 1 aliphatic rings. The summed E-state index contributed by atoms with van der Waals surface area (Å²) < 4.78 is 0. The smallest absolute Gasteiger partial charge is 0.273 e. The summed E-state index contributed by atoms with van der Waals surface area (Å²) in [5, 5.41) is 8.80. The Hall–Kier alpha value is -1.86. The highest BCUT2D eigenvalue weighted by molar-refractivity contribution is 5.94. The number of aliphatic hydroxyl groups is 1. The summed E-state index contributed by atoms with van der Waals surface area (Å²) in [7, 11) is 0. The summed E-state index contributed by atoms with van der Waals surface area (Å²) in [6, 6.07) is 3.53. The molecule has 112 valence electrons. The van der Waals surface area contributed by atoms with Gasteiger partial charge in [-0.15, -0.1) is 0 Å². The molecule has 2 rings (SSSR count). The summed E-state index contributed by atoms with van der Waals surface area (Å²) in [6.45, 7) is 3.59. The summed E-state index contributed by atoms with van der Waals surface area (Å²) >= 11 is 0. The van der Waals surface area contributed by atoms with E-state index in [0.29, 0.717) is 11.3 Å². The quantitative estimate of drug-likeness (QED) is 0.866. The van der Waals surface area contributed by atoms with Crippen LogP contribution in [0.2, 0.25) is 0 Å². The molecule has 1 N–H and O–H groups in total. The number of nitrogens with zero attached hydrogens (tertiary/aromatic N) is 2. The Balaban J connectivity index is 2.07. The number of aromatic nitrogens is 1. The molecule has 1 fully saturated rings. The van der Waals surface area contributed by atoms with E-state index in [0.717, 1.165) is 31.8 Å². The minimum Gasteiger partial charge on any atom is -0.384 e. The zero-order chi connectivity index (χ0) is 15.1. The topological polar surface area (TPSA) is 53.4 Å². The molecule has 0 bridgehead atoms. The summed E-state index contributed by atoms with van der Waals surface area (Å²) in [5.41, 5.74) is 0.986. The Morgan fingerprint density at radius 3 is 2.90 bits per heavy atom. The Labute approximate surface area is 126 Å². The zero-order valence-corrected chi connectivity index (χ0v) is 12.5. The van der Waals surface area contributed by atoms with Crippen LogP contribution in [0.1, 0.15) is 48.7 Å². The van der Waals surface area contributed by atoms with Gasteiger partial charge in [0.2, 0.25) is 0 Å². The lowest BCUT2D eigenvalue weighted by atomic mass is 9.92. The van der Waals surface area contributed by atoms with Gasteiger partial charge >= 0.3 is 0 Å². The Morgan fingerprint density at radius 1 is 1.48 bits per heavy atom. The summed E-state index contributed by atoms with van der Waals surface area (Å²) in [5.74, 6) is 6.08. The van der Waals surface area contributed by atoms with Crippen LogP contribution in [0.3, 0.4) is 0 Å². The van der Waals surface area contributed by atoms with Crippen LogP contribution in [0.4, 0.5) is 0 Å². The molecule has 0 unspecified atom stereocenters. The van der Waals surface area contributed by atoms with E-state index in [2.05, 4.69) is 23.7 Å². The molecular weight excluding hydrogens is 264 g/mol. The predicted molar refractivity (Wildman–Crippen MR) is 81.7 cm³/mol. The van der Waals surface area contributed by atoms with Gasteiger partial charge in [-0.3, -0.25) is 4.79 Å². The van der Waals surface area contributed by atoms with Crippen LogP contribution >= 0.6 is 0 Å². The minimum atomic E-state index is -0.217. The Bertz CT molecular complexity index is 537. The molecule has 4 heteroatoms. The van der Waals surface area contributed by atoms with E-state index in [1.807, 2.05) is 4.90 Å². The van der Waals surface area contributed by atoms with Gasteiger partial charge in [-0.1, -0.05) is 31.6 Å². The van der Waals surface area contributed by atoms with Crippen molar-refractivity contribution < 1.29 is 9.90 Å². The van der Waals surface area contributed by atoms with Crippen molar-refractivity contribution in [2.75, 3.05) is 19.7 Å². The lowest BCUT2D eigenvalue weighted by Crippen LogP contribution is -2.39. The molecule has 0 aromatic carbocycles. The molecule has 0 aliphatic carbocycles. The zero-order valence-electron chi connectivity index (χ0n) is 12.5. The molecule has 1 aromatic heterocycles. The standard InChI is InChI=1S/C17H22N2O2/c1-2-5-14-8-11-19(12-9-14)17(21)16-15(7-4-13-20)6-3-10-18-16/h3,6,10,14,20H,2,5,8-9,11-13H2,1H3. The summed E-state index contributed by atoms with van der Waals surface area (Å²) in [6.07, 6.45) is 6.22. The number of carbonyl (C=O) groups excluding carboxylic acids is 1. The largest absolute Gasteiger partial charge is 0.384 e. The van der Waals surface area contributed by atoms with Crippen LogP contribution in [-0.4, -0.2) is 40.6 Å². The fourth-order valence-corrected chi connectivity index (χ4v) is 2.79. The Morgan fingerprint density at radius 2 is 2.24 bits per heavy atom. The third-order valence-electron chi connectivity index (χ3n) is 3.91. The van der Waals surface area contributed by atoms with E-state index in [4.69, 9.17) is 5.11 Å². The van der Waals surface area contributed by atoms with Crippen molar-refractivity contribution >= 4 is 5.91 Å². The molecule has 1 amide bonds. The molecule has 0 saturated carbocycles. The number of hydrogen-bond acceptors (Lipinski definition) is 3. The van der Waals surface area contributed by atoms with Gasteiger partial charge in [-0.25, -0.2) is 4.98 Å². The molecule has 0 radical (unpaired) electrons. The lowest BCUT2D eigenvalue weighted by Gasteiger charge is -2.31. The van der Waals surface area contributed by atoms with Crippen molar-refractivity contribution in [1.29, 1.82) is 0 Å². The second kappa shape index (κ2) is 7.80. The highest BCUT2D eigenvalue weighted by Gasteiger charge is 2.25. The molecule has 1 aliphatic heterocycles. The van der Waals surface area contributed by atoms with Crippen molar-refractivity contribution in [3.63, 3.8) is 0 Å². The second-order valence-electron chi connectivity index (χ2n) is 5.38. The van der Waals surface area contributed by atoms with Crippen LogP contribution in [0.15, 0.2) is 18.3 Å². The number of pyridine rings is 1. The summed E-state index contributed by atoms with van der Waals surface area (Å²) in [4.78, 5) is 18.6. The van der Waals surface area contributed by atoms with Gasteiger partial charge in [0.25, 0.3) is 5.91 Å². The SMILES string of the molecule is CCCC1CCN(C(=O)c2ncccc2C#CCO)CC1. The third kappa shape index (κ3) is 4.05. The van der Waals surface area contributed by atoms with E-state index < -0.39 is 0 Å². The molecule has 4 nitrogen and oxygen atoms in total. The highest BCUT2D eigenvalue weighted by Crippen LogP contribution is 2.23. The molecular formula is C17H22N2O2. The van der Waals surface area contributed by atoms with Crippen LogP contribution in [0, 0.1) is 17.8 Å². The van der Waals surface area contributed by atoms with Crippen molar-refractivity contribution in [3.05, 3.63) is 29.6 Å². The van der Waals surface area contributed by atoms with Gasteiger partial charge < -0.3 is 10.0 Å². The maximum Gasteiger partial charge on any atom is 0.273 e. The van der Waals surface area contributed by atoms with Crippen molar-refractivity contribution in [1.82, 2.24) is 9.88 Å². The fourth-order valence-electron chi connectivity index (χ4n) is 2.79. The maximum atomic E-state index is 12.6. The number of rotatable bonds is 3. The van der Waals surface area contributed by atoms with Crippen LogP contribution < -0.4 is 0 Å². The number of aliphatic hydroxyl groups excluding tert-OH is 1. The van der Waals surface area contributed by atoms with Gasteiger partial charge in [0.15, 0.2) is 0 Å². The van der Waals surface area contributed by atoms with Crippen LogP contribution in [0.25, 0.3) is 0 Å². The maximum absolute atomic E-state index is 12.6. The van der Waals surface area contributed by atoms with Crippen molar-refractivity contribution in [2.45, 2.75) is 32.6 Å². The van der Waals surface area contributed by atoms with E-state index in [1.165, 1.54) is 12.8 Å². The highest BCUT2D eigenvalue weighted by atomic mass is 16.2. The van der Waals surface area contributed by atoms with Gasteiger partial charge in [-0.2, -0.15) is 0 Å². The first-order valence-electron chi connectivity index (χ1n) is 7.60. The third-order valence-corrected chi connectivity index (χ3v) is 3.91. The number of likely N-dealkylation sites (tertiary alicyclic amines) is 1. The molecule has 0 atom stereocenters. The Kier molecular flexibility index (Phi) is 5.77. The van der Waals surface area contributed by atoms with Gasteiger partial charge in [0.1, 0.15) is 12.3 Å². The number of carbonyl (C=O) groups is 1. The monoisotopic (exact) mass is 286 g/mol. The molecule has 1 saturated heterocycles. The van der Waals surface area contributed by atoms with E-state index >= 15 is 0 Å². The van der Waals surface area contributed by atoms with Gasteiger partial charge in [0.05, 0.1) is 5.56 Å². The molecule has 0 spiro atoms. The average Bonchev–Trinajstić information content (AvgIpc) is 2.53. The normalized spacial score (nSPS) is 15.4. The van der Waals surface area contributed by atoms with Gasteiger partial charge in [-0.05, 0) is 30.9 Å². The second-order valence-corrected chi connectivity index (χ2v) is 5.38. The lowest BCUT2D eigenvalue weighted by molar-refractivity contribution is 0.0680. The average molecular weight is 286 g/mol. The van der Waals surface area contributed by atoms with E-state index in [1.54, 1.807) is 18.3 Å². The molecule has 2 heterocycles. The van der Waals surface area contributed by atoms with Crippen LogP contribution in [0.5, 0.6) is 0 Å². The number of hydrogen-bond donors (Lipinski definition) is 1.